The summed E-state index contributed by atoms with van der Waals surface area (Å²) in [6.07, 6.45) is 5.89. The van der Waals surface area contributed by atoms with E-state index in [9.17, 15) is 4.79 Å². The minimum Gasteiger partial charge on any atom is -0.356 e. The van der Waals surface area contributed by atoms with Crippen LogP contribution in [0, 0.1) is 5.92 Å². The Bertz CT molecular complexity index is 1100. The van der Waals surface area contributed by atoms with E-state index in [0.717, 1.165) is 53.1 Å². The van der Waals surface area contributed by atoms with Crippen molar-refractivity contribution in [3.63, 3.8) is 0 Å². The molecule has 0 bridgehead atoms. The van der Waals surface area contributed by atoms with Gasteiger partial charge in [0.05, 0.1) is 11.9 Å². The molecule has 1 atom stereocenters. The number of nitrogens with zero attached hydrogens (tertiary/aromatic N) is 3. The maximum absolute atomic E-state index is 12.4. The average molecular weight is 374 g/mol. The summed E-state index contributed by atoms with van der Waals surface area (Å²) in [5.41, 5.74) is 6.49. The van der Waals surface area contributed by atoms with Gasteiger partial charge in [-0.05, 0) is 55.0 Å². The Morgan fingerprint density at radius 2 is 2.25 bits per heavy atom. The first-order valence-corrected chi connectivity index (χ1v) is 9.75. The summed E-state index contributed by atoms with van der Waals surface area (Å²) in [5, 5.41) is 7.39. The molecule has 3 N–H and O–H groups in total. The second-order valence-electron chi connectivity index (χ2n) is 7.37. The molecule has 2 aliphatic rings. The lowest BCUT2D eigenvalue weighted by atomic mass is 9.86. The van der Waals surface area contributed by atoms with Gasteiger partial charge in [0.15, 0.2) is 0 Å². The summed E-state index contributed by atoms with van der Waals surface area (Å²) in [5.74, 6) is 0.899. The first-order valence-electron chi connectivity index (χ1n) is 9.75. The van der Waals surface area contributed by atoms with Gasteiger partial charge >= 0.3 is 0 Å². The van der Waals surface area contributed by atoms with Gasteiger partial charge < -0.3 is 15.6 Å². The molecule has 0 saturated heterocycles. The first-order chi connectivity index (χ1) is 13.7. The van der Waals surface area contributed by atoms with Gasteiger partial charge in [-0.3, -0.25) is 9.79 Å². The lowest BCUT2D eigenvalue weighted by Crippen LogP contribution is -2.33. The molecule has 1 unspecified atom stereocenters. The van der Waals surface area contributed by atoms with Crippen LogP contribution >= 0.6 is 0 Å². The highest BCUT2D eigenvalue weighted by Crippen LogP contribution is 2.35. The molecule has 142 valence electrons. The van der Waals surface area contributed by atoms with E-state index in [1.807, 2.05) is 13.1 Å². The van der Waals surface area contributed by atoms with Gasteiger partial charge in [-0.1, -0.05) is 6.07 Å². The number of rotatable bonds is 4. The SMILES string of the molecule is CCNC(=O)C1CCc2[nH]c3ncnc(Nc4ccc5c(c4)C=NC5)c3c2C1. The quantitative estimate of drug-likeness (QED) is 0.654. The van der Waals surface area contributed by atoms with Crippen LogP contribution in [0.3, 0.4) is 0 Å². The zero-order chi connectivity index (χ0) is 19.1. The molecule has 1 aromatic carbocycles. The molecule has 0 fully saturated rings. The van der Waals surface area contributed by atoms with E-state index in [1.54, 1.807) is 6.33 Å². The van der Waals surface area contributed by atoms with Crippen molar-refractivity contribution >= 4 is 34.7 Å². The van der Waals surface area contributed by atoms with Crippen molar-refractivity contribution in [1.82, 2.24) is 20.3 Å². The minimum atomic E-state index is -0.00397. The second-order valence-corrected chi connectivity index (χ2v) is 7.37. The molecule has 2 aromatic heterocycles. The van der Waals surface area contributed by atoms with Crippen molar-refractivity contribution in [2.24, 2.45) is 10.9 Å². The fourth-order valence-corrected chi connectivity index (χ4v) is 4.19. The molecule has 3 heterocycles. The number of H-pyrrole nitrogens is 1. The molecule has 0 radical (unpaired) electrons. The predicted molar refractivity (Wildman–Crippen MR) is 109 cm³/mol. The Balaban J connectivity index is 1.51. The van der Waals surface area contributed by atoms with Gasteiger partial charge in [-0.25, -0.2) is 9.97 Å². The standard InChI is InChI=1S/C21H22N6O/c1-2-23-21(28)12-4-6-17-16(8-12)18-19(24-11-25-20(18)27-17)26-15-5-3-13-9-22-10-14(13)7-15/h3,5,7,10-12H,2,4,6,8-9H2,1H3,(H,23,28)(H2,24,25,26,27). The largest absolute Gasteiger partial charge is 0.356 e. The highest BCUT2D eigenvalue weighted by Gasteiger charge is 2.28. The zero-order valence-corrected chi connectivity index (χ0v) is 15.7. The molecule has 28 heavy (non-hydrogen) atoms. The van der Waals surface area contributed by atoms with Crippen LogP contribution in [0.4, 0.5) is 11.5 Å². The fourth-order valence-electron chi connectivity index (χ4n) is 4.19. The van der Waals surface area contributed by atoms with E-state index >= 15 is 0 Å². The minimum absolute atomic E-state index is 0.00397. The Morgan fingerprint density at radius 3 is 3.14 bits per heavy atom. The molecule has 5 rings (SSSR count). The van der Waals surface area contributed by atoms with Crippen molar-refractivity contribution in [1.29, 1.82) is 0 Å². The second kappa shape index (κ2) is 6.74. The summed E-state index contributed by atoms with van der Waals surface area (Å²) in [6, 6.07) is 6.25. The molecule has 1 aliphatic carbocycles. The van der Waals surface area contributed by atoms with E-state index in [2.05, 4.69) is 48.8 Å². The van der Waals surface area contributed by atoms with Crippen LogP contribution < -0.4 is 10.6 Å². The summed E-state index contributed by atoms with van der Waals surface area (Å²) in [7, 11) is 0. The Morgan fingerprint density at radius 1 is 1.32 bits per heavy atom. The highest BCUT2D eigenvalue weighted by atomic mass is 16.1. The van der Waals surface area contributed by atoms with Crippen LogP contribution in [-0.4, -0.2) is 33.6 Å². The van der Waals surface area contributed by atoms with Crippen molar-refractivity contribution in [3.8, 4) is 0 Å². The van der Waals surface area contributed by atoms with Crippen LogP contribution in [0.1, 0.15) is 35.7 Å². The van der Waals surface area contributed by atoms with Crippen molar-refractivity contribution < 1.29 is 4.79 Å². The molecule has 7 heteroatoms. The lowest BCUT2D eigenvalue weighted by molar-refractivity contribution is -0.125. The zero-order valence-electron chi connectivity index (χ0n) is 15.7. The Hall–Kier alpha value is -3.22. The molecule has 0 spiro atoms. The number of amides is 1. The number of nitrogens with one attached hydrogen (secondary N) is 3. The maximum Gasteiger partial charge on any atom is 0.223 e. The molecule has 7 nitrogen and oxygen atoms in total. The normalized spacial score (nSPS) is 17.4. The molecular weight excluding hydrogens is 352 g/mol. The molecular formula is C21H22N6O. The van der Waals surface area contributed by atoms with Gasteiger partial charge in [0.1, 0.15) is 17.8 Å². The first kappa shape index (κ1) is 16.9. The summed E-state index contributed by atoms with van der Waals surface area (Å²) < 4.78 is 0. The number of fused-ring (bicyclic) bond motifs is 4. The van der Waals surface area contributed by atoms with Crippen molar-refractivity contribution in [2.45, 2.75) is 32.7 Å². The summed E-state index contributed by atoms with van der Waals surface area (Å²) in [4.78, 5) is 29.0. The number of anilines is 2. The summed E-state index contributed by atoms with van der Waals surface area (Å²) in [6.45, 7) is 3.36. The summed E-state index contributed by atoms with van der Waals surface area (Å²) >= 11 is 0. The van der Waals surface area contributed by atoms with Crippen molar-refractivity contribution in [2.75, 3.05) is 11.9 Å². The number of aromatic amines is 1. The van der Waals surface area contributed by atoms with E-state index in [-0.39, 0.29) is 11.8 Å². The van der Waals surface area contributed by atoms with Crippen LogP contribution in [0.25, 0.3) is 11.0 Å². The molecule has 1 aliphatic heterocycles. The van der Waals surface area contributed by atoms with Gasteiger partial charge in [-0.2, -0.15) is 0 Å². The number of aryl methyl sites for hydroxylation is 1. The number of carbonyl (C=O) groups excluding carboxylic acids is 1. The average Bonchev–Trinajstić information content (AvgIpc) is 3.31. The van der Waals surface area contributed by atoms with Crippen molar-refractivity contribution in [3.05, 3.63) is 46.9 Å². The fraction of sp³-hybridized carbons (Fsp3) is 0.333. The Labute approximate surface area is 162 Å². The van der Waals surface area contributed by atoms with Gasteiger partial charge in [-0.15, -0.1) is 0 Å². The number of hydrogen-bond donors (Lipinski definition) is 3. The molecule has 3 aromatic rings. The van der Waals surface area contributed by atoms with E-state index in [1.165, 1.54) is 11.3 Å². The molecule has 0 saturated carbocycles. The number of carbonyl (C=O) groups is 1. The third-order valence-corrected chi connectivity index (χ3v) is 5.60. The van der Waals surface area contributed by atoms with Crippen LogP contribution in [-0.2, 0) is 24.2 Å². The lowest BCUT2D eigenvalue weighted by Gasteiger charge is -2.21. The smallest absolute Gasteiger partial charge is 0.223 e. The number of aliphatic imine (C=N–C) groups is 1. The number of benzene rings is 1. The monoisotopic (exact) mass is 374 g/mol. The maximum atomic E-state index is 12.4. The van der Waals surface area contributed by atoms with E-state index in [0.29, 0.717) is 13.0 Å². The number of aromatic nitrogens is 3. The number of hydrogen-bond acceptors (Lipinski definition) is 5. The van der Waals surface area contributed by atoms with Crippen LogP contribution in [0.15, 0.2) is 29.5 Å². The topological polar surface area (TPSA) is 95.1 Å². The van der Waals surface area contributed by atoms with Gasteiger partial charge in [0.25, 0.3) is 0 Å². The van der Waals surface area contributed by atoms with E-state index in [4.69, 9.17) is 0 Å². The Kier molecular flexibility index (Phi) is 4.07. The van der Waals surface area contributed by atoms with Crippen LogP contribution in [0.2, 0.25) is 0 Å². The third-order valence-electron chi connectivity index (χ3n) is 5.60. The van der Waals surface area contributed by atoms with Gasteiger partial charge in [0, 0.05) is 30.1 Å². The van der Waals surface area contributed by atoms with Gasteiger partial charge in [0.2, 0.25) is 5.91 Å². The third kappa shape index (κ3) is 2.83. The molecule has 1 amide bonds. The predicted octanol–water partition coefficient (Wildman–Crippen LogP) is 2.88. The van der Waals surface area contributed by atoms with E-state index < -0.39 is 0 Å². The van der Waals surface area contributed by atoms with Crippen LogP contribution in [0.5, 0.6) is 0 Å². The highest BCUT2D eigenvalue weighted by molar-refractivity contribution is 5.94.